The molecular weight excluding hydrogens is 100 g/mol. The smallest absolute Gasteiger partial charge is 0.0176 e. The van der Waals surface area contributed by atoms with Gasteiger partial charge < -0.3 is 10.6 Å². The first-order valence-electron chi connectivity index (χ1n) is 2.78. The maximum atomic E-state index is 3.04. The molecule has 2 nitrogen and oxygen atoms in total. The lowest BCUT2D eigenvalue weighted by molar-refractivity contribution is 0.867. The third-order valence-corrected chi connectivity index (χ3v) is 0.846. The molecule has 0 aliphatic carbocycles. The molecule has 0 saturated carbocycles. The minimum atomic E-state index is 0.959. The van der Waals surface area contributed by atoms with Crippen molar-refractivity contribution in [1.82, 2.24) is 10.6 Å². The van der Waals surface area contributed by atoms with Gasteiger partial charge in [0.15, 0.2) is 0 Å². The third kappa shape index (κ3) is 3.68. The van der Waals surface area contributed by atoms with Crippen LogP contribution in [0.1, 0.15) is 6.92 Å². The van der Waals surface area contributed by atoms with E-state index < -0.39 is 0 Å². The van der Waals surface area contributed by atoms with Gasteiger partial charge in [-0.1, -0.05) is 0 Å². The van der Waals surface area contributed by atoms with E-state index in [-0.39, 0.29) is 0 Å². The van der Waals surface area contributed by atoms with Crippen LogP contribution < -0.4 is 10.6 Å². The van der Waals surface area contributed by atoms with Gasteiger partial charge in [-0.2, -0.15) is 0 Å². The van der Waals surface area contributed by atoms with Crippen LogP contribution in [0.15, 0.2) is 11.8 Å². The van der Waals surface area contributed by atoms with Crippen LogP contribution in [0, 0.1) is 0 Å². The van der Waals surface area contributed by atoms with E-state index in [9.17, 15) is 0 Å². The van der Waals surface area contributed by atoms with Gasteiger partial charge in [-0.25, -0.2) is 0 Å². The Morgan fingerprint density at radius 3 is 2.50 bits per heavy atom. The molecule has 0 rings (SSSR count). The van der Waals surface area contributed by atoms with Crippen LogP contribution in [0.5, 0.6) is 0 Å². The first-order valence-corrected chi connectivity index (χ1v) is 2.78. The average Bonchev–Trinajstić information content (AvgIpc) is 1.68. The molecule has 0 aliphatic rings. The molecule has 0 saturated heterocycles. The van der Waals surface area contributed by atoms with Gasteiger partial charge >= 0.3 is 0 Å². The van der Waals surface area contributed by atoms with Crippen molar-refractivity contribution in [2.45, 2.75) is 6.92 Å². The minimum Gasteiger partial charge on any atom is -0.394 e. The van der Waals surface area contributed by atoms with E-state index in [2.05, 4.69) is 17.6 Å². The van der Waals surface area contributed by atoms with Crippen LogP contribution in [-0.4, -0.2) is 20.6 Å². The van der Waals surface area contributed by atoms with E-state index in [1.54, 1.807) is 0 Å². The first-order chi connectivity index (χ1) is 3.81. The predicted octanol–water partition coefficient (Wildman–Crippen LogP) is 0.329. The summed E-state index contributed by atoms with van der Waals surface area (Å²) in [5.74, 6) is 0. The van der Waals surface area contributed by atoms with Crippen LogP contribution in [-0.2, 0) is 0 Å². The fourth-order valence-electron chi connectivity index (χ4n) is 0.576. The molecule has 2 heteroatoms. The van der Waals surface area contributed by atoms with Crippen molar-refractivity contribution in [3.63, 3.8) is 0 Å². The summed E-state index contributed by atoms with van der Waals surface area (Å²) < 4.78 is 0. The summed E-state index contributed by atoms with van der Waals surface area (Å²) in [4.78, 5) is 0. The standard InChI is InChI=1S/C6H14N2/c1-6(4-7-2)5-8-3/h4,7-8H,5H2,1-3H3/b6-4+. The zero-order chi connectivity index (χ0) is 6.41. The van der Waals surface area contributed by atoms with Crippen LogP contribution in [0.3, 0.4) is 0 Å². The summed E-state index contributed by atoms with van der Waals surface area (Å²) >= 11 is 0. The summed E-state index contributed by atoms with van der Waals surface area (Å²) in [5.41, 5.74) is 1.31. The molecule has 0 amide bonds. The molecule has 0 heterocycles. The molecule has 0 unspecified atom stereocenters. The summed E-state index contributed by atoms with van der Waals surface area (Å²) in [6.45, 7) is 3.04. The third-order valence-electron chi connectivity index (χ3n) is 0.846. The lowest BCUT2D eigenvalue weighted by Gasteiger charge is -1.96. The molecule has 0 aliphatic heterocycles. The SMILES string of the molecule is CN/C=C(\C)CNC. The monoisotopic (exact) mass is 114 g/mol. The largest absolute Gasteiger partial charge is 0.394 e. The van der Waals surface area contributed by atoms with E-state index in [0.717, 1.165) is 6.54 Å². The predicted molar refractivity (Wildman–Crippen MR) is 36.7 cm³/mol. The second-order valence-electron chi connectivity index (χ2n) is 1.81. The molecule has 48 valence electrons. The van der Waals surface area contributed by atoms with Crippen molar-refractivity contribution in [1.29, 1.82) is 0 Å². The Balaban J connectivity index is 3.29. The van der Waals surface area contributed by atoms with Gasteiger partial charge in [0.2, 0.25) is 0 Å². The summed E-state index contributed by atoms with van der Waals surface area (Å²) in [7, 11) is 3.84. The Labute approximate surface area is 51.0 Å². The van der Waals surface area contributed by atoms with Crippen LogP contribution in [0.4, 0.5) is 0 Å². The zero-order valence-corrected chi connectivity index (χ0v) is 5.78. The molecule has 0 radical (unpaired) electrons. The fourth-order valence-corrected chi connectivity index (χ4v) is 0.576. The Morgan fingerprint density at radius 2 is 2.12 bits per heavy atom. The molecular formula is C6H14N2. The van der Waals surface area contributed by atoms with E-state index in [1.807, 2.05) is 20.3 Å². The lowest BCUT2D eigenvalue weighted by Crippen LogP contribution is -2.10. The number of rotatable bonds is 3. The molecule has 8 heavy (non-hydrogen) atoms. The summed E-state index contributed by atoms with van der Waals surface area (Å²) in [5, 5.41) is 5.99. The van der Waals surface area contributed by atoms with Gasteiger partial charge in [-0.3, -0.25) is 0 Å². The molecule has 0 aromatic heterocycles. The molecule has 0 aromatic carbocycles. The van der Waals surface area contributed by atoms with Crippen molar-refractivity contribution >= 4 is 0 Å². The van der Waals surface area contributed by atoms with Gasteiger partial charge in [0, 0.05) is 13.6 Å². The van der Waals surface area contributed by atoms with Crippen LogP contribution in [0.25, 0.3) is 0 Å². The highest BCUT2D eigenvalue weighted by atomic mass is 14.8. The van der Waals surface area contributed by atoms with Gasteiger partial charge in [-0.05, 0) is 25.7 Å². The summed E-state index contributed by atoms with van der Waals surface area (Å²) in [6.07, 6.45) is 1.98. The Morgan fingerprint density at radius 1 is 1.50 bits per heavy atom. The summed E-state index contributed by atoms with van der Waals surface area (Å²) in [6, 6.07) is 0. The fraction of sp³-hybridized carbons (Fsp3) is 0.667. The van der Waals surface area contributed by atoms with E-state index >= 15 is 0 Å². The quantitative estimate of drug-likeness (QED) is 0.552. The van der Waals surface area contributed by atoms with Gasteiger partial charge in [0.25, 0.3) is 0 Å². The highest BCUT2D eigenvalue weighted by Gasteiger charge is 1.80. The number of likely N-dealkylation sites (N-methyl/N-ethyl adjacent to an activating group) is 1. The normalized spacial score (nSPS) is 11.6. The van der Waals surface area contributed by atoms with E-state index in [1.165, 1.54) is 5.57 Å². The molecule has 0 aromatic rings. The Hall–Kier alpha value is -0.500. The van der Waals surface area contributed by atoms with Crippen molar-refractivity contribution < 1.29 is 0 Å². The van der Waals surface area contributed by atoms with Gasteiger partial charge in [0.1, 0.15) is 0 Å². The molecule has 0 spiro atoms. The van der Waals surface area contributed by atoms with E-state index in [4.69, 9.17) is 0 Å². The Bertz CT molecular complexity index is 76.6. The van der Waals surface area contributed by atoms with Crippen molar-refractivity contribution in [3.8, 4) is 0 Å². The second-order valence-corrected chi connectivity index (χ2v) is 1.81. The van der Waals surface area contributed by atoms with Crippen molar-refractivity contribution in [2.24, 2.45) is 0 Å². The second kappa shape index (κ2) is 4.65. The van der Waals surface area contributed by atoms with Crippen LogP contribution in [0.2, 0.25) is 0 Å². The van der Waals surface area contributed by atoms with Crippen molar-refractivity contribution in [2.75, 3.05) is 20.6 Å². The van der Waals surface area contributed by atoms with Gasteiger partial charge in [-0.15, -0.1) is 0 Å². The maximum absolute atomic E-state index is 3.04. The maximum Gasteiger partial charge on any atom is 0.0176 e. The Kier molecular flexibility index (Phi) is 4.36. The van der Waals surface area contributed by atoms with Crippen LogP contribution >= 0.6 is 0 Å². The zero-order valence-electron chi connectivity index (χ0n) is 5.78. The number of hydrogen-bond acceptors (Lipinski definition) is 2. The number of hydrogen-bond donors (Lipinski definition) is 2. The highest BCUT2D eigenvalue weighted by molar-refractivity contribution is 4.97. The highest BCUT2D eigenvalue weighted by Crippen LogP contribution is 1.83. The van der Waals surface area contributed by atoms with E-state index in [0.29, 0.717) is 0 Å². The molecule has 0 atom stereocenters. The topological polar surface area (TPSA) is 24.1 Å². The van der Waals surface area contributed by atoms with Gasteiger partial charge in [0.05, 0.1) is 0 Å². The molecule has 2 N–H and O–H groups in total. The lowest BCUT2D eigenvalue weighted by atomic mass is 10.3. The first kappa shape index (κ1) is 7.50. The molecule has 0 fully saturated rings. The average molecular weight is 114 g/mol. The minimum absolute atomic E-state index is 0.959. The molecule has 0 bridgehead atoms. The number of nitrogens with one attached hydrogen (secondary N) is 2. The van der Waals surface area contributed by atoms with Crippen molar-refractivity contribution in [3.05, 3.63) is 11.8 Å².